The van der Waals surface area contributed by atoms with Crippen LogP contribution in [-0.4, -0.2) is 64.9 Å². The number of fused-ring (bicyclic) bond motifs is 2. The molecule has 0 saturated carbocycles. The summed E-state index contributed by atoms with van der Waals surface area (Å²) in [5, 5.41) is 3.10. The third kappa shape index (κ3) is 4.82. The molecule has 1 aromatic heterocycles. The van der Waals surface area contributed by atoms with E-state index in [4.69, 9.17) is 0 Å². The molecule has 1 N–H and O–H groups in total. The third-order valence-corrected chi connectivity index (χ3v) is 5.25. The van der Waals surface area contributed by atoms with E-state index in [1.165, 1.54) is 4.90 Å². The largest absolute Gasteiger partial charge is 0.333 e. The average molecular weight is 399 g/mol. The van der Waals surface area contributed by atoms with Crippen LogP contribution in [0.25, 0.3) is 10.9 Å². The molecule has 0 spiro atoms. The van der Waals surface area contributed by atoms with Crippen LogP contribution < -0.4 is 10.9 Å². The van der Waals surface area contributed by atoms with Crippen LogP contribution in [0.3, 0.4) is 0 Å². The van der Waals surface area contributed by atoms with Gasteiger partial charge in [0.1, 0.15) is 5.82 Å². The number of aromatic nitrogens is 2. The van der Waals surface area contributed by atoms with E-state index in [1.807, 2.05) is 25.9 Å². The zero-order valence-corrected chi connectivity index (χ0v) is 17.4. The highest BCUT2D eigenvalue weighted by atomic mass is 16.2. The fourth-order valence-corrected chi connectivity index (χ4v) is 3.55. The highest BCUT2D eigenvalue weighted by molar-refractivity contribution is 6.39. The van der Waals surface area contributed by atoms with Crippen molar-refractivity contribution in [3.63, 3.8) is 0 Å². The Kier molecular flexibility index (Phi) is 6.64. The molecule has 8 heteroatoms. The second-order valence-electron chi connectivity index (χ2n) is 7.67. The molecule has 3 rings (SSSR count). The average Bonchev–Trinajstić information content (AvgIpc) is 2.94. The van der Waals surface area contributed by atoms with E-state index in [2.05, 4.69) is 10.3 Å². The van der Waals surface area contributed by atoms with Gasteiger partial charge in [0.25, 0.3) is 5.56 Å². The molecule has 0 fully saturated rings. The lowest BCUT2D eigenvalue weighted by Crippen LogP contribution is -2.42. The van der Waals surface area contributed by atoms with Gasteiger partial charge in [-0.1, -0.05) is 6.42 Å². The molecule has 1 aromatic carbocycles. The molecule has 0 saturated heterocycles. The van der Waals surface area contributed by atoms with E-state index in [0.29, 0.717) is 42.8 Å². The number of anilines is 1. The second-order valence-corrected chi connectivity index (χ2v) is 7.67. The molecule has 2 amide bonds. The number of nitrogens with one attached hydrogen (secondary N) is 1. The molecule has 156 valence electrons. The molecule has 29 heavy (non-hydrogen) atoms. The Bertz CT molecular complexity index is 967. The Balaban J connectivity index is 1.81. The number of likely N-dealkylation sites (N-methyl/N-ethyl adjacent to an activating group) is 2. The number of carbonyl (C=O) groups excluding carboxylic acids is 2. The highest BCUT2D eigenvalue weighted by Gasteiger charge is 2.21. The summed E-state index contributed by atoms with van der Waals surface area (Å²) in [4.78, 5) is 46.0. The predicted octanol–water partition coefficient (Wildman–Crippen LogP) is 1.47. The number of benzene rings is 1. The fourth-order valence-electron chi connectivity index (χ4n) is 3.55. The first-order valence-electron chi connectivity index (χ1n) is 10.2. The summed E-state index contributed by atoms with van der Waals surface area (Å²) in [5.41, 5.74) is 0.955. The summed E-state index contributed by atoms with van der Waals surface area (Å²) in [5.74, 6) is -0.453. The van der Waals surface area contributed by atoms with Gasteiger partial charge >= 0.3 is 11.8 Å². The zero-order chi connectivity index (χ0) is 21.0. The van der Waals surface area contributed by atoms with Gasteiger partial charge in [-0.25, -0.2) is 4.98 Å². The van der Waals surface area contributed by atoms with Crippen molar-refractivity contribution in [2.45, 2.75) is 39.2 Å². The maximum Gasteiger partial charge on any atom is 0.313 e. The summed E-state index contributed by atoms with van der Waals surface area (Å²) in [7, 11) is 3.83. The maximum absolute atomic E-state index is 12.9. The van der Waals surface area contributed by atoms with E-state index in [-0.39, 0.29) is 5.56 Å². The minimum atomic E-state index is -0.701. The van der Waals surface area contributed by atoms with Crippen molar-refractivity contribution in [3.8, 4) is 0 Å². The molecule has 0 unspecified atom stereocenters. The first-order valence-corrected chi connectivity index (χ1v) is 10.2. The number of amides is 2. The Labute approximate surface area is 170 Å². The lowest BCUT2D eigenvalue weighted by atomic mass is 10.2. The first-order chi connectivity index (χ1) is 13.9. The maximum atomic E-state index is 12.9. The third-order valence-electron chi connectivity index (χ3n) is 5.25. The standard InChI is InChI=1S/C21H29N5O3/c1-4-25(13-12-24(2)3)21(29)19(27)22-15-9-10-17-16(14-15)20(28)26-11-7-5-6-8-18(26)23-17/h9-10,14H,4-8,11-13H2,1-3H3,(H,22,27). The van der Waals surface area contributed by atoms with E-state index in [1.54, 1.807) is 22.8 Å². The van der Waals surface area contributed by atoms with Crippen LogP contribution in [0.1, 0.15) is 32.0 Å². The molecular weight excluding hydrogens is 370 g/mol. The van der Waals surface area contributed by atoms with Crippen molar-refractivity contribution < 1.29 is 9.59 Å². The van der Waals surface area contributed by atoms with Crippen molar-refractivity contribution in [2.75, 3.05) is 39.0 Å². The van der Waals surface area contributed by atoms with Gasteiger partial charge in [0.2, 0.25) is 0 Å². The van der Waals surface area contributed by atoms with Crippen molar-refractivity contribution >= 4 is 28.4 Å². The van der Waals surface area contributed by atoms with Crippen LogP contribution in [0, 0.1) is 0 Å². The van der Waals surface area contributed by atoms with Gasteiger partial charge in [-0.2, -0.15) is 0 Å². The molecule has 8 nitrogen and oxygen atoms in total. The van der Waals surface area contributed by atoms with E-state index >= 15 is 0 Å². The zero-order valence-electron chi connectivity index (χ0n) is 17.4. The van der Waals surface area contributed by atoms with Gasteiger partial charge < -0.3 is 15.1 Å². The first kappa shape index (κ1) is 21.0. The van der Waals surface area contributed by atoms with Crippen LogP contribution in [0.4, 0.5) is 5.69 Å². The van der Waals surface area contributed by atoms with Gasteiger partial charge in [-0.3, -0.25) is 19.0 Å². The van der Waals surface area contributed by atoms with Gasteiger partial charge in [0.15, 0.2) is 0 Å². The summed E-state index contributed by atoms with van der Waals surface area (Å²) < 4.78 is 1.74. The van der Waals surface area contributed by atoms with Gasteiger partial charge in [-0.05, 0) is 52.1 Å². The molecule has 0 atom stereocenters. The van der Waals surface area contributed by atoms with Crippen LogP contribution in [0.15, 0.2) is 23.0 Å². The second kappa shape index (κ2) is 9.17. The van der Waals surface area contributed by atoms with Crippen molar-refractivity contribution in [1.29, 1.82) is 0 Å². The molecule has 2 aromatic rings. The number of aryl methyl sites for hydroxylation is 1. The monoisotopic (exact) mass is 399 g/mol. The Morgan fingerprint density at radius 3 is 2.69 bits per heavy atom. The number of rotatable bonds is 5. The predicted molar refractivity (Wildman–Crippen MR) is 113 cm³/mol. The Hall–Kier alpha value is -2.74. The van der Waals surface area contributed by atoms with E-state index in [9.17, 15) is 14.4 Å². The van der Waals surface area contributed by atoms with Crippen LogP contribution in [0.2, 0.25) is 0 Å². The number of nitrogens with zero attached hydrogens (tertiary/aromatic N) is 4. The minimum Gasteiger partial charge on any atom is -0.333 e. The molecule has 1 aliphatic heterocycles. The topological polar surface area (TPSA) is 87.5 Å². The summed E-state index contributed by atoms with van der Waals surface area (Å²) in [6.07, 6.45) is 3.89. The minimum absolute atomic E-state index is 0.0875. The van der Waals surface area contributed by atoms with E-state index < -0.39 is 11.8 Å². The number of hydrogen-bond donors (Lipinski definition) is 1. The molecule has 0 bridgehead atoms. The number of carbonyl (C=O) groups is 2. The SMILES string of the molecule is CCN(CCN(C)C)C(=O)C(=O)Nc1ccc2nc3n(c(=O)c2c1)CCCCC3. The van der Waals surface area contributed by atoms with Crippen molar-refractivity contribution in [2.24, 2.45) is 0 Å². The molecule has 0 radical (unpaired) electrons. The van der Waals surface area contributed by atoms with Gasteiger partial charge in [0.05, 0.1) is 10.9 Å². The Morgan fingerprint density at radius 1 is 1.17 bits per heavy atom. The van der Waals surface area contributed by atoms with E-state index in [0.717, 1.165) is 31.5 Å². The normalized spacial score (nSPS) is 13.8. The molecule has 0 aliphatic carbocycles. The van der Waals surface area contributed by atoms with Gasteiger partial charge in [-0.15, -0.1) is 0 Å². The Morgan fingerprint density at radius 2 is 1.97 bits per heavy atom. The van der Waals surface area contributed by atoms with Gasteiger partial charge in [0, 0.05) is 38.3 Å². The molecule has 2 heterocycles. The van der Waals surface area contributed by atoms with Crippen LogP contribution in [-0.2, 0) is 22.6 Å². The quantitative estimate of drug-likeness (QED) is 0.770. The van der Waals surface area contributed by atoms with Crippen molar-refractivity contribution in [3.05, 3.63) is 34.4 Å². The molecular formula is C21H29N5O3. The fraction of sp³-hybridized carbons (Fsp3) is 0.524. The lowest BCUT2D eigenvalue weighted by molar-refractivity contribution is -0.143. The summed E-state index contributed by atoms with van der Waals surface area (Å²) >= 11 is 0. The summed E-state index contributed by atoms with van der Waals surface area (Å²) in [6.45, 7) is 4.12. The van der Waals surface area contributed by atoms with Crippen molar-refractivity contribution in [1.82, 2.24) is 19.4 Å². The number of hydrogen-bond acceptors (Lipinski definition) is 5. The molecule has 1 aliphatic rings. The summed E-state index contributed by atoms with van der Waals surface area (Å²) in [6, 6.07) is 5.03. The lowest BCUT2D eigenvalue weighted by Gasteiger charge is -2.22. The van der Waals surface area contributed by atoms with Crippen LogP contribution >= 0.6 is 0 Å². The highest BCUT2D eigenvalue weighted by Crippen LogP contribution is 2.18. The smallest absolute Gasteiger partial charge is 0.313 e. The van der Waals surface area contributed by atoms with Crippen LogP contribution in [0.5, 0.6) is 0 Å².